The van der Waals surface area contributed by atoms with Crippen molar-refractivity contribution in [3.8, 4) is 0 Å². The highest BCUT2D eigenvalue weighted by Gasteiger charge is 2.72. The van der Waals surface area contributed by atoms with Gasteiger partial charge in [0.2, 0.25) is 0 Å². The van der Waals surface area contributed by atoms with Crippen LogP contribution in [0.2, 0.25) is 0 Å². The van der Waals surface area contributed by atoms with Crippen molar-refractivity contribution >= 4 is 24.4 Å². The summed E-state index contributed by atoms with van der Waals surface area (Å²) in [5.74, 6) is -1.20. The molecule has 4 rings (SSSR count). The van der Waals surface area contributed by atoms with E-state index in [-0.39, 0.29) is 17.6 Å². The van der Waals surface area contributed by atoms with Crippen molar-refractivity contribution in [1.29, 1.82) is 0 Å². The van der Waals surface area contributed by atoms with E-state index >= 15 is 0 Å². The van der Waals surface area contributed by atoms with Crippen molar-refractivity contribution in [2.24, 2.45) is 16.7 Å². The lowest BCUT2D eigenvalue weighted by Gasteiger charge is -2.47. The van der Waals surface area contributed by atoms with Gasteiger partial charge >= 0.3 is 5.97 Å². The molecular formula is C23H30O7S. The number of thiol groups is 1. The minimum atomic E-state index is -1.88. The number of hydrogen-bond donors (Lipinski definition) is 2. The number of esters is 1. The predicted molar refractivity (Wildman–Crippen MR) is 115 cm³/mol. The third kappa shape index (κ3) is 3.03. The zero-order valence-electron chi connectivity index (χ0n) is 18.5. The molecule has 2 bridgehead atoms. The summed E-state index contributed by atoms with van der Waals surface area (Å²) in [6.45, 7) is 9.21. The first-order valence-electron chi connectivity index (χ1n) is 10.6. The number of hydrogen-bond acceptors (Lipinski definition) is 8. The smallest absolute Gasteiger partial charge is 0.334 e. The Morgan fingerprint density at radius 1 is 1.39 bits per heavy atom. The van der Waals surface area contributed by atoms with E-state index in [9.17, 15) is 14.7 Å². The average Bonchev–Trinajstić information content (AvgIpc) is 2.88. The fraction of sp³-hybridized carbons (Fsp3) is 0.652. The Balaban J connectivity index is 1.92. The van der Waals surface area contributed by atoms with Crippen LogP contribution in [0.25, 0.3) is 0 Å². The summed E-state index contributed by atoms with van der Waals surface area (Å²) in [4.78, 5) is 37.3. The molecule has 2 fully saturated rings. The molecule has 1 heterocycles. The van der Waals surface area contributed by atoms with Crippen LogP contribution in [0.5, 0.6) is 0 Å². The van der Waals surface area contributed by atoms with Gasteiger partial charge < -0.3 is 9.84 Å². The van der Waals surface area contributed by atoms with Gasteiger partial charge in [0.15, 0.2) is 23.6 Å². The lowest BCUT2D eigenvalue weighted by molar-refractivity contribution is -0.548. The maximum absolute atomic E-state index is 14.2. The van der Waals surface area contributed by atoms with Crippen LogP contribution >= 0.6 is 12.6 Å². The summed E-state index contributed by atoms with van der Waals surface area (Å²) in [7, 11) is 0. The van der Waals surface area contributed by atoms with Crippen LogP contribution in [0.15, 0.2) is 34.9 Å². The SMILES string of the molecule is C/C=C(/C)C(=O)OC1C(C)=CC23CCC(S)C(C)(C)C(C=C4COOOC4C12O)C3=O. The van der Waals surface area contributed by atoms with Gasteiger partial charge in [-0.1, -0.05) is 37.1 Å². The van der Waals surface area contributed by atoms with E-state index in [1.165, 1.54) is 0 Å². The molecule has 0 aromatic rings. The molecule has 31 heavy (non-hydrogen) atoms. The summed E-state index contributed by atoms with van der Waals surface area (Å²) in [6, 6.07) is 0. The highest BCUT2D eigenvalue weighted by atomic mass is 32.1. The molecule has 7 nitrogen and oxygen atoms in total. The highest BCUT2D eigenvalue weighted by molar-refractivity contribution is 7.81. The molecule has 0 aromatic carbocycles. The van der Waals surface area contributed by atoms with Crippen molar-refractivity contribution in [1.82, 2.24) is 0 Å². The molecule has 6 unspecified atom stereocenters. The van der Waals surface area contributed by atoms with E-state index in [0.717, 1.165) is 0 Å². The summed E-state index contributed by atoms with van der Waals surface area (Å²) in [6.07, 6.45) is 4.11. The third-order valence-electron chi connectivity index (χ3n) is 7.70. The Bertz CT molecular complexity index is 904. The molecule has 1 spiro atoms. The van der Waals surface area contributed by atoms with Crippen molar-refractivity contribution in [2.45, 2.75) is 70.5 Å². The molecule has 1 saturated carbocycles. The third-order valence-corrected chi connectivity index (χ3v) is 8.63. The van der Waals surface area contributed by atoms with Gasteiger partial charge in [0.1, 0.15) is 6.61 Å². The molecule has 1 N–H and O–H groups in total. The predicted octanol–water partition coefficient (Wildman–Crippen LogP) is 3.05. The van der Waals surface area contributed by atoms with Crippen LogP contribution in [0.3, 0.4) is 0 Å². The zero-order chi connectivity index (χ0) is 22.8. The van der Waals surface area contributed by atoms with Crippen LogP contribution in [0.1, 0.15) is 47.5 Å². The Labute approximate surface area is 187 Å². The van der Waals surface area contributed by atoms with Crippen molar-refractivity contribution in [3.63, 3.8) is 0 Å². The molecule has 4 aliphatic rings. The molecule has 1 saturated heterocycles. The fourth-order valence-corrected chi connectivity index (χ4v) is 5.84. The van der Waals surface area contributed by atoms with E-state index < -0.39 is 40.5 Å². The second-order valence-corrected chi connectivity index (χ2v) is 10.3. The average molecular weight is 451 g/mol. The van der Waals surface area contributed by atoms with E-state index in [1.54, 1.807) is 32.9 Å². The Hall–Kier alpha value is -1.45. The fourth-order valence-electron chi connectivity index (χ4n) is 5.55. The minimum Gasteiger partial charge on any atom is -0.451 e. The molecule has 0 aromatic heterocycles. The monoisotopic (exact) mass is 450 g/mol. The summed E-state index contributed by atoms with van der Waals surface area (Å²) in [5, 5.41) is 17.1. The number of ether oxygens (including phenoxy) is 1. The molecule has 0 radical (unpaired) electrons. The van der Waals surface area contributed by atoms with Gasteiger partial charge in [-0.05, 0) is 50.2 Å². The van der Waals surface area contributed by atoms with E-state index in [1.807, 2.05) is 19.9 Å². The normalized spacial score (nSPS) is 41.9. The van der Waals surface area contributed by atoms with E-state index in [2.05, 4.69) is 0 Å². The summed E-state index contributed by atoms with van der Waals surface area (Å²) < 4.78 is 5.81. The number of carbonyl (C=O) groups is 2. The van der Waals surface area contributed by atoms with Crippen molar-refractivity contribution < 1.29 is 34.2 Å². The van der Waals surface area contributed by atoms with Crippen LogP contribution in [0.4, 0.5) is 0 Å². The number of rotatable bonds is 2. The van der Waals surface area contributed by atoms with Gasteiger partial charge in [-0.15, -0.1) is 0 Å². The van der Waals surface area contributed by atoms with Gasteiger partial charge in [0.25, 0.3) is 0 Å². The van der Waals surface area contributed by atoms with Crippen molar-refractivity contribution in [3.05, 3.63) is 34.9 Å². The Morgan fingerprint density at radius 2 is 2.10 bits per heavy atom. The first kappa shape index (κ1) is 22.7. The number of ketones is 1. The first-order chi connectivity index (χ1) is 14.5. The van der Waals surface area contributed by atoms with Gasteiger partial charge in [-0.25, -0.2) is 9.68 Å². The lowest BCUT2D eigenvalue weighted by Crippen LogP contribution is -2.65. The van der Waals surface area contributed by atoms with E-state index in [0.29, 0.717) is 29.6 Å². The summed E-state index contributed by atoms with van der Waals surface area (Å²) in [5.41, 5.74) is -2.05. The zero-order valence-corrected chi connectivity index (χ0v) is 19.4. The molecule has 0 amide bonds. The maximum Gasteiger partial charge on any atom is 0.334 e. The first-order valence-corrected chi connectivity index (χ1v) is 11.2. The number of aliphatic hydroxyl groups is 1. The quantitative estimate of drug-likeness (QED) is 0.220. The van der Waals surface area contributed by atoms with Gasteiger partial charge in [0, 0.05) is 16.7 Å². The van der Waals surface area contributed by atoms with Crippen LogP contribution < -0.4 is 0 Å². The van der Waals surface area contributed by atoms with Gasteiger partial charge in [-0.3, -0.25) is 4.79 Å². The summed E-state index contributed by atoms with van der Waals surface area (Å²) >= 11 is 4.82. The topological polar surface area (TPSA) is 91.3 Å². The minimum absolute atomic E-state index is 0.0355. The molecule has 170 valence electrons. The van der Waals surface area contributed by atoms with Gasteiger partial charge in [0.05, 0.1) is 5.41 Å². The second kappa shape index (κ2) is 7.56. The number of fused-ring (bicyclic) bond motifs is 3. The van der Waals surface area contributed by atoms with E-state index in [4.69, 9.17) is 32.2 Å². The van der Waals surface area contributed by atoms with Crippen molar-refractivity contribution in [2.75, 3.05) is 6.61 Å². The Kier molecular flexibility index (Phi) is 5.54. The second-order valence-electron chi connectivity index (χ2n) is 9.71. The number of carbonyl (C=O) groups excluding carboxylic acids is 2. The van der Waals surface area contributed by atoms with Crippen LogP contribution in [0, 0.1) is 16.7 Å². The van der Waals surface area contributed by atoms with Gasteiger partial charge in [-0.2, -0.15) is 17.5 Å². The van der Waals surface area contributed by atoms with Crippen LogP contribution in [-0.4, -0.2) is 46.5 Å². The molecular weight excluding hydrogens is 420 g/mol. The lowest BCUT2D eigenvalue weighted by atomic mass is 9.63. The molecule has 1 aliphatic heterocycles. The van der Waals surface area contributed by atoms with Crippen LogP contribution in [-0.2, 0) is 29.1 Å². The highest BCUT2D eigenvalue weighted by Crippen LogP contribution is 2.61. The Morgan fingerprint density at radius 3 is 2.77 bits per heavy atom. The molecule has 3 aliphatic carbocycles. The largest absolute Gasteiger partial charge is 0.451 e. The molecule has 6 atom stereocenters. The molecule has 8 heteroatoms. The standard InChI is InChI=1S/C23H30O7S/c1-6-12(2)20(25)28-18-13(3)10-22-8-7-16(31)21(4,5)15(17(22)24)9-14-11-27-30-29-19(14)23(18,22)26/h6,9-10,15-16,18-19,26,31H,7-8,11H2,1-5H3/b12-6-. The number of Topliss-reactive ketones (excluding diaryl/α,β-unsaturated/α-hetero) is 1. The maximum atomic E-state index is 14.2. The number of allylic oxidation sites excluding steroid dienone is 2.